The molecule has 0 aromatic rings. The molecule has 1 N–H and O–H groups in total. The fourth-order valence-corrected chi connectivity index (χ4v) is 2.17. The summed E-state index contributed by atoms with van der Waals surface area (Å²) < 4.78 is 0. The normalized spacial score (nSPS) is 41.7. The van der Waals surface area contributed by atoms with Crippen molar-refractivity contribution in [2.45, 2.75) is 31.3 Å². The smallest absolute Gasteiger partial charge is 0.0200 e. The van der Waals surface area contributed by atoms with Crippen LogP contribution in [-0.2, 0) is 0 Å². The highest BCUT2D eigenvalue weighted by Crippen LogP contribution is 2.22. The van der Waals surface area contributed by atoms with E-state index in [0.717, 1.165) is 12.1 Å². The van der Waals surface area contributed by atoms with Crippen molar-refractivity contribution in [3.8, 4) is 0 Å². The van der Waals surface area contributed by atoms with Crippen molar-refractivity contribution < 1.29 is 0 Å². The highest BCUT2D eigenvalue weighted by molar-refractivity contribution is 4.93. The molecule has 2 nitrogen and oxygen atoms in total. The van der Waals surface area contributed by atoms with Gasteiger partial charge in [-0.3, -0.25) is 7.05 Å². The Kier molecular flexibility index (Phi) is 1.66. The first-order valence-corrected chi connectivity index (χ1v) is 4.18. The summed E-state index contributed by atoms with van der Waals surface area (Å²) in [4.78, 5) is 2.26. The summed E-state index contributed by atoms with van der Waals surface area (Å²) in [6.07, 6.45) is 3.97. The molecule has 10 heavy (non-hydrogen) atoms. The number of nitrogens with one attached hydrogen (secondary N) is 1. The van der Waals surface area contributed by atoms with Gasteiger partial charge in [0, 0.05) is 6.04 Å². The molecule has 2 unspecified atom stereocenters. The van der Waals surface area contributed by atoms with Crippen molar-refractivity contribution >= 4 is 0 Å². The molecular weight excluding hydrogens is 124 g/mol. The van der Waals surface area contributed by atoms with Crippen molar-refractivity contribution in [2.75, 3.05) is 13.1 Å². The molecule has 2 aliphatic rings. The molecule has 0 bridgehead atoms. The summed E-state index contributed by atoms with van der Waals surface area (Å²) in [5, 5.41) is 3.51. The monoisotopic (exact) mass is 139 g/mol. The van der Waals surface area contributed by atoms with E-state index in [2.05, 4.69) is 17.3 Å². The zero-order chi connectivity index (χ0) is 6.97. The molecule has 2 fully saturated rings. The average Bonchev–Trinajstić information content (AvgIpc) is 2.36. The summed E-state index contributed by atoms with van der Waals surface area (Å²) in [5.41, 5.74) is 0. The number of rotatable bonds is 0. The Balaban J connectivity index is 2.03. The van der Waals surface area contributed by atoms with Gasteiger partial charge in [0.05, 0.1) is 0 Å². The minimum atomic E-state index is 0.744. The highest BCUT2D eigenvalue weighted by Gasteiger charge is 2.29. The van der Waals surface area contributed by atoms with Crippen LogP contribution in [0.5, 0.6) is 0 Å². The van der Waals surface area contributed by atoms with Crippen LogP contribution in [0.3, 0.4) is 0 Å². The molecule has 0 radical (unpaired) electrons. The van der Waals surface area contributed by atoms with Crippen molar-refractivity contribution in [1.29, 1.82) is 0 Å². The lowest BCUT2D eigenvalue weighted by Crippen LogP contribution is -2.45. The van der Waals surface area contributed by atoms with Crippen molar-refractivity contribution in [3.05, 3.63) is 7.05 Å². The van der Waals surface area contributed by atoms with Gasteiger partial charge in [0.1, 0.15) is 0 Å². The number of hydrogen-bond donors (Lipinski definition) is 1. The van der Waals surface area contributed by atoms with Crippen LogP contribution in [0.4, 0.5) is 0 Å². The minimum Gasteiger partial charge on any atom is -0.455 e. The van der Waals surface area contributed by atoms with Crippen LogP contribution >= 0.6 is 0 Å². The van der Waals surface area contributed by atoms with Crippen LogP contribution in [0, 0.1) is 7.05 Å². The van der Waals surface area contributed by atoms with Gasteiger partial charge >= 0.3 is 0 Å². The highest BCUT2D eigenvalue weighted by atomic mass is 15.2. The van der Waals surface area contributed by atoms with Gasteiger partial charge in [-0.15, -0.1) is 0 Å². The van der Waals surface area contributed by atoms with Gasteiger partial charge in [0.2, 0.25) is 0 Å². The SMILES string of the molecule is [CH2-]N1CCCC2NCCC21. The predicted octanol–water partition coefficient (Wildman–Crippen LogP) is 0.604. The van der Waals surface area contributed by atoms with E-state index in [4.69, 9.17) is 0 Å². The first-order chi connectivity index (χ1) is 4.88. The molecule has 0 saturated carbocycles. The van der Waals surface area contributed by atoms with Crippen LogP contribution in [0.2, 0.25) is 0 Å². The van der Waals surface area contributed by atoms with Crippen LogP contribution < -0.4 is 5.32 Å². The van der Waals surface area contributed by atoms with E-state index in [9.17, 15) is 0 Å². The third-order valence-corrected chi connectivity index (χ3v) is 2.74. The van der Waals surface area contributed by atoms with Gasteiger partial charge in [-0.2, -0.15) is 0 Å². The molecule has 0 amide bonds. The van der Waals surface area contributed by atoms with Gasteiger partial charge in [-0.1, -0.05) is 0 Å². The molecule has 0 spiro atoms. The second kappa shape index (κ2) is 2.51. The van der Waals surface area contributed by atoms with E-state index in [1.54, 1.807) is 0 Å². The molecule has 0 aromatic carbocycles. The molecular formula is C8H15N2-. The maximum atomic E-state index is 4.03. The Morgan fingerprint density at radius 2 is 2.30 bits per heavy atom. The quantitative estimate of drug-likeness (QED) is 0.494. The van der Waals surface area contributed by atoms with Crippen molar-refractivity contribution in [1.82, 2.24) is 10.2 Å². The maximum Gasteiger partial charge on any atom is 0.0200 e. The lowest BCUT2D eigenvalue weighted by molar-refractivity contribution is 0.195. The van der Waals surface area contributed by atoms with E-state index >= 15 is 0 Å². The van der Waals surface area contributed by atoms with Crippen LogP contribution in [0.15, 0.2) is 0 Å². The summed E-state index contributed by atoms with van der Waals surface area (Å²) in [6.45, 7) is 2.39. The maximum absolute atomic E-state index is 4.03. The Hall–Kier alpha value is -0.0800. The van der Waals surface area contributed by atoms with E-state index in [0.29, 0.717) is 0 Å². The lowest BCUT2D eigenvalue weighted by atomic mass is 9.98. The largest absolute Gasteiger partial charge is 0.455 e. The minimum absolute atomic E-state index is 0.744. The van der Waals surface area contributed by atoms with Gasteiger partial charge in [-0.25, -0.2) is 0 Å². The van der Waals surface area contributed by atoms with Gasteiger partial charge in [0.25, 0.3) is 0 Å². The zero-order valence-corrected chi connectivity index (χ0v) is 6.34. The molecule has 0 aromatic heterocycles. The molecule has 2 heteroatoms. The van der Waals surface area contributed by atoms with Gasteiger partial charge in [-0.05, 0) is 38.4 Å². The Labute approximate surface area is 62.6 Å². The summed E-state index contributed by atoms with van der Waals surface area (Å²) in [5.74, 6) is 0. The summed E-state index contributed by atoms with van der Waals surface area (Å²) >= 11 is 0. The van der Waals surface area contributed by atoms with Crippen molar-refractivity contribution in [2.24, 2.45) is 0 Å². The fourth-order valence-electron chi connectivity index (χ4n) is 2.17. The second-order valence-corrected chi connectivity index (χ2v) is 3.37. The molecule has 0 aliphatic carbocycles. The van der Waals surface area contributed by atoms with E-state index in [1.807, 2.05) is 0 Å². The summed E-state index contributed by atoms with van der Waals surface area (Å²) in [7, 11) is 4.03. The number of hydrogen-bond acceptors (Lipinski definition) is 2. The standard InChI is InChI=1S/C8H15N2/c1-10-6-2-3-7-8(10)4-5-9-7/h7-9H,1-6H2/q-1. The van der Waals surface area contributed by atoms with Crippen LogP contribution in [0.1, 0.15) is 19.3 Å². The number of fused-ring (bicyclic) bond motifs is 1. The van der Waals surface area contributed by atoms with E-state index in [1.165, 1.54) is 32.4 Å². The molecule has 2 saturated heterocycles. The number of piperidine rings is 1. The Morgan fingerprint density at radius 3 is 3.10 bits per heavy atom. The van der Waals surface area contributed by atoms with Gasteiger partial charge in [0.15, 0.2) is 0 Å². The molecule has 2 aliphatic heterocycles. The Bertz CT molecular complexity index is 124. The second-order valence-electron chi connectivity index (χ2n) is 3.37. The number of likely N-dealkylation sites (tertiary alicyclic amines) is 1. The Morgan fingerprint density at radius 1 is 1.40 bits per heavy atom. The molecule has 2 atom stereocenters. The summed E-state index contributed by atoms with van der Waals surface area (Å²) in [6, 6.07) is 1.50. The first-order valence-electron chi connectivity index (χ1n) is 4.18. The third-order valence-electron chi connectivity index (χ3n) is 2.74. The third kappa shape index (κ3) is 0.956. The van der Waals surface area contributed by atoms with Crippen LogP contribution in [-0.4, -0.2) is 30.1 Å². The predicted molar refractivity (Wildman–Crippen MR) is 41.5 cm³/mol. The molecule has 58 valence electrons. The van der Waals surface area contributed by atoms with Gasteiger partial charge < -0.3 is 10.2 Å². The number of nitrogens with zero attached hydrogens (tertiary/aromatic N) is 1. The average molecular weight is 139 g/mol. The first kappa shape index (κ1) is 6.62. The topological polar surface area (TPSA) is 15.3 Å². The zero-order valence-electron chi connectivity index (χ0n) is 6.34. The van der Waals surface area contributed by atoms with E-state index < -0.39 is 0 Å². The molecule has 2 rings (SSSR count). The molecule has 2 heterocycles. The lowest BCUT2D eigenvalue weighted by Gasteiger charge is -2.40. The van der Waals surface area contributed by atoms with Crippen LogP contribution in [0.25, 0.3) is 0 Å². The van der Waals surface area contributed by atoms with E-state index in [-0.39, 0.29) is 0 Å². The fraction of sp³-hybridized carbons (Fsp3) is 0.875. The van der Waals surface area contributed by atoms with Crippen molar-refractivity contribution in [3.63, 3.8) is 0 Å².